The fourth-order valence-corrected chi connectivity index (χ4v) is 1.81. The predicted molar refractivity (Wildman–Crippen MR) is 67.8 cm³/mol. The van der Waals surface area contributed by atoms with E-state index in [2.05, 4.69) is 21.2 Å². The number of carbonyl (C=O) groups excluding carboxylic acids is 1. The molecule has 1 amide bonds. The van der Waals surface area contributed by atoms with E-state index in [9.17, 15) is 4.79 Å². The predicted octanol–water partition coefficient (Wildman–Crippen LogP) is 2.60. The SMILES string of the molecule is CCC(CO)NC(=O)c1cc(Cl)ccc1Br. The number of carbonyl (C=O) groups is 1. The smallest absolute Gasteiger partial charge is 0.252 e. The lowest BCUT2D eigenvalue weighted by molar-refractivity contribution is 0.0914. The third-order valence-corrected chi connectivity index (χ3v) is 3.15. The van der Waals surface area contributed by atoms with Crippen molar-refractivity contribution in [3.05, 3.63) is 33.3 Å². The van der Waals surface area contributed by atoms with Crippen LogP contribution in [0, 0.1) is 0 Å². The number of aliphatic hydroxyl groups is 1. The van der Waals surface area contributed by atoms with Gasteiger partial charge in [0.25, 0.3) is 5.91 Å². The Morgan fingerprint density at radius 2 is 2.31 bits per heavy atom. The highest BCUT2D eigenvalue weighted by Crippen LogP contribution is 2.21. The van der Waals surface area contributed by atoms with Crippen LogP contribution in [0.1, 0.15) is 23.7 Å². The molecule has 3 nitrogen and oxygen atoms in total. The van der Waals surface area contributed by atoms with Crippen molar-refractivity contribution < 1.29 is 9.90 Å². The highest BCUT2D eigenvalue weighted by atomic mass is 79.9. The fourth-order valence-electron chi connectivity index (χ4n) is 1.21. The number of nitrogens with one attached hydrogen (secondary N) is 1. The molecule has 0 radical (unpaired) electrons. The lowest BCUT2D eigenvalue weighted by Gasteiger charge is -2.14. The van der Waals surface area contributed by atoms with Crippen LogP contribution in [0.5, 0.6) is 0 Å². The summed E-state index contributed by atoms with van der Waals surface area (Å²) in [5, 5.41) is 12.2. The van der Waals surface area contributed by atoms with Gasteiger partial charge in [-0.05, 0) is 40.5 Å². The molecule has 0 saturated carbocycles. The zero-order chi connectivity index (χ0) is 12.1. The second-order valence-electron chi connectivity index (χ2n) is 3.39. The van der Waals surface area contributed by atoms with E-state index in [1.54, 1.807) is 18.2 Å². The quantitative estimate of drug-likeness (QED) is 0.898. The van der Waals surface area contributed by atoms with Crippen molar-refractivity contribution in [1.29, 1.82) is 0 Å². The minimum Gasteiger partial charge on any atom is -0.394 e. The zero-order valence-electron chi connectivity index (χ0n) is 8.84. The number of benzene rings is 1. The van der Waals surface area contributed by atoms with Gasteiger partial charge in [0.05, 0.1) is 18.2 Å². The summed E-state index contributed by atoms with van der Waals surface area (Å²) in [6.45, 7) is 1.83. The normalized spacial score (nSPS) is 12.2. The Bertz CT molecular complexity index is 380. The Morgan fingerprint density at radius 1 is 1.62 bits per heavy atom. The van der Waals surface area contributed by atoms with Crippen LogP contribution in [-0.2, 0) is 0 Å². The average Bonchev–Trinajstić information content (AvgIpc) is 2.28. The number of hydrogen-bond donors (Lipinski definition) is 2. The van der Waals surface area contributed by atoms with Gasteiger partial charge in [0.2, 0.25) is 0 Å². The maximum atomic E-state index is 11.8. The topological polar surface area (TPSA) is 49.3 Å². The molecule has 1 atom stereocenters. The Hall–Kier alpha value is -0.580. The number of amides is 1. The van der Waals surface area contributed by atoms with Gasteiger partial charge in [-0.15, -0.1) is 0 Å². The molecule has 0 bridgehead atoms. The largest absolute Gasteiger partial charge is 0.394 e. The lowest BCUT2D eigenvalue weighted by atomic mass is 10.2. The molecule has 0 saturated heterocycles. The van der Waals surface area contributed by atoms with Crippen LogP contribution in [-0.4, -0.2) is 23.7 Å². The zero-order valence-corrected chi connectivity index (χ0v) is 11.2. The first-order valence-electron chi connectivity index (χ1n) is 4.95. The maximum Gasteiger partial charge on any atom is 0.252 e. The van der Waals surface area contributed by atoms with Crippen molar-refractivity contribution in [2.75, 3.05) is 6.61 Å². The van der Waals surface area contributed by atoms with Crippen LogP contribution in [0.3, 0.4) is 0 Å². The van der Waals surface area contributed by atoms with E-state index in [4.69, 9.17) is 16.7 Å². The molecule has 0 heterocycles. The molecule has 0 aliphatic carbocycles. The molecular weight excluding hydrogens is 293 g/mol. The van der Waals surface area contributed by atoms with Gasteiger partial charge in [-0.3, -0.25) is 4.79 Å². The summed E-state index contributed by atoms with van der Waals surface area (Å²) in [5.41, 5.74) is 0.472. The second kappa shape index (κ2) is 6.23. The summed E-state index contributed by atoms with van der Waals surface area (Å²) in [4.78, 5) is 11.8. The Balaban J connectivity index is 2.83. The second-order valence-corrected chi connectivity index (χ2v) is 4.68. The van der Waals surface area contributed by atoms with Crippen molar-refractivity contribution in [3.8, 4) is 0 Å². The van der Waals surface area contributed by atoms with E-state index in [0.29, 0.717) is 21.5 Å². The molecule has 0 aliphatic heterocycles. The Kier molecular flexibility index (Phi) is 5.25. The molecule has 0 aliphatic rings. The Labute approximate surface area is 108 Å². The highest BCUT2D eigenvalue weighted by Gasteiger charge is 2.14. The van der Waals surface area contributed by atoms with E-state index < -0.39 is 0 Å². The molecule has 0 aromatic heterocycles. The molecule has 1 unspecified atom stereocenters. The summed E-state index contributed by atoms with van der Waals surface area (Å²) in [6, 6.07) is 4.78. The van der Waals surface area contributed by atoms with Crippen LogP contribution < -0.4 is 5.32 Å². The molecule has 2 N–H and O–H groups in total. The summed E-state index contributed by atoms with van der Waals surface area (Å²) in [7, 11) is 0. The monoisotopic (exact) mass is 305 g/mol. The summed E-state index contributed by atoms with van der Waals surface area (Å²) >= 11 is 9.10. The van der Waals surface area contributed by atoms with Gasteiger partial charge in [-0.1, -0.05) is 18.5 Å². The standard InChI is InChI=1S/C11H13BrClNO2/c1-2-8(6-15)14-11(16)9-5-7(13)3-4-10(9)12/h3-5,8,15H,2,6H2,1H3,(H,14,16). The van der Waals surface area contributed by atoms with Gasteiger partial charge in [-0.25, -0.2) is 0 Å². The average molecular weight is 307 g/mol. The minimum atomic E-state index is -0.240. The molecule has 0 spiro atoms. The number of rotatable bonds is 4. The van der Waals surface area contributed by atoms with Crippen LogP contribution in [0.15, 0.2) is 22.7 Å². The first-order valence-corrected chi connectivity index (χ1v) is 6.12. The van der Waals surface area contributed by atoms with Crippen molar-refractivity contribution in [2.24, 2.45) is 0 Å². The number of hydrogen-bond acceptors (Lipinski definition) is 2. The first-order chi connectivity index (χ1) is 7.58. The van der Waals surface area contributed by atoms with Crippen molar-refractivity contribution in [1.82, 2.24) is 5.32 Å². The summed E-state index contributed by atoms with van der Waals surface area (Å²) < 4.78 is 0.683. The molecule has 16 heavy (non-hydrogen) atoms. The van der Waals surface area contributed by atoms with Gasteiger partial charge >= 0.3 is 0 Å². The summed E-state index contributed by atoms with van der Waals surface area (Å²) in [5.74, 6) is -0.240. The van der Waals surface area contributed by atoms with E-state index in [-0.39, 0.29) is 18.6 Å². The van der Waals surface area contributed by atoms with Crippen molar-refractivity contribution >= 4 is 33.4 Å². The van der Waals surface area contributed by atoms with Crippen molar-refractivity contribution in [2.45, 2.75) is 19.4 Å². The van der Waals surface area contributed by atoms with Crippen molar-refractivity contribution in [3.63, 3.8) is 0 Å². The number of halogens is 2. The van der Waals surface area contributed by atoms with Gasteiger partial charge in [0, 0.05) is 9.50 Å². The van der Waals surface area contributed by atoms with E-state index in [0.717, 1.165) is 0 Å². The third kappa shape index (κ3) is 3.47. The molecule has 1 rings (SSSR count). The maximum absolute atomic E-state index is 11.8. The summed E-state index contributed by atoms with van der Waals surface area (Å²) in [6.07, 6.45) is 0.681. The first kappa shape index (κ1) is 13.5. The number of aliphatic hydroxyl groups excluding tert-OH is 1. The highest BCUT2D eigenvalue weighted by molar-refractivity contribution is 9.10. The van der Waals surface area contributed by atoms with Crippen LogP contribution in [0.4, 0.5) is 0 Å². The molecular formula is C11H13BrClNO2. The fraction of sp³-hybridized carbons (Fsp3) is 0.364. The Morgan fingerprint density at radius 3 is 2.88 bits per heavy atom. The van der Waals surface area contributed by atoms with Gasteiger partial charge < -0.3 is 10.4 Å². The van der Waals surface area contributed by atoms with E-state index in [1.165, 1.54) is 0 Å². The van der Waals surface area contributed by atoms with E-state index in [1.807, 2.05) is 6.92 Å². The molecule has 0 fully saturated rings. The molecule has 88 valence electrons. The lowest BCUT2D eigenvalue weighted by Crippen LogP contribution is -2.37. The molecule has 1 aromatic carbocycles. The third-order valence-electron chi connectivity index (χ3n) is 2.22. The van der Waals surface area contributed by atoms with Gasteiger partial charge in [0.15, 0.2) is 0 Å². The van der Waals surface area contributed by atoms with Gasteiger partial charge in [-0.2, -0.15) is 0 Å². The van der Waals surface area contributed by atoms with Crippen LogP contribution in [0.25, 0.3) is 0 Å². The van der Waals surface area contributed by atoms with Crippen LogP contribution in [0.2, 0.25) is 5.02 Å². The minimum absolute atomic E-state index is 0.0690. The van der Waals surface area contributed by atoms with E-state index >= 15 is 0 Å². The van der Waals surface area contributed by atoms with Gasteiger partial charge in [0.1, 0.15) is 0 Å². The molecule has 5 heteroatoms. The van der Waals surface area contributed by atoms with Crippen LogP contribution >= 0.6 is 27.5 Å². The molecule has 1 aromatic rings.